The van der Waals surface area contributed by atoms with E-state index in [1.54, 1.807) is 44.2 Å². The van der Waals surface area contributed by atoms with Gasteiger partial charge in [-0.1, -0.05) is 30.8 Å². The second-order valence-corrected chi connectivity index (χ2v) is 8.68. The van der Waals surface area contributed by atoms with Crippen LogP contribution in [0.4, 0.5) is 15.8 Å². The van der Waals surface area contributed by atoms with Gasteiger partial charge < -0.3 is 10.1 Å². The fraction of sp³-hybridized carbons (Fsp3) is 0.192. The van der Waals surface area contributed by atoms with Gasteiger partial charge in [-0.2, -0.15) is 0 Å². The SMILES string of the molecule is CCOC(=O)c1ccc2c(c1)N([C@@H](CC)C(=O)Nc1ccc(F)cc1)C(=O)c1ccccc1S2. The van der Waals surface area contributed by atoms with Crippen LogP contribution in [0.1, 0.15) is 41.0 Å². The minimum Gasteiger partial charge on any atom is -0.462 e. The number of fused-ring (bicyclic) bond motifs is 2. The Balaban J connectivity index is 1.80. The summed E-state index contributed by atoms with van der Waals surface area (Å²) in [6.07, 6.45) is 0.314. The van der Waals surface area contributed by atoms with E-state index in [0.29, 0.717) is 28.9 Å². The van der Waals surface area contributed by atoms with E-state index in [-0.39, 0.29) is 12.5 Å². The van der Waals surface area contributed by atoms with Crippen LogP contribution in [-0.4, -0.2) is 30.4 Å². The van der Waals surface area contributed by atoms with Crippen LogP contribution in [-0.2, 0) is 9.53 Å². The second kappa shape index (κ2) is 10.1. The number of carbonyl (C=O) groups excluding carboxylic acids is 3. The van der Waals surface area contributed by atoms with Crippen LogP contribution in [0.5, 0.6) is 0 Å². The highest BCUT2D eigenvalue weighted by Gasteiger charge is 2.36. The quantitative estimate of drug-likeness (QED) is 0.472. The lowest BCUT2D eigenvalue weighted by atomic mass is 10.1. The molecule has 8 heteroatoms. The Morgan fingerprint density at radius 2 is 1.76 bits per heavy atom. The third-order valence-corrected chi connectivity index (χ3v) is 6.54. The molecule has 1 N–H and O–H groups in total. The third kappa shape index (κ3) is 4.68. The van der Waals surface area contributed by atoms with E-state index in [4.69, 9.17) is 4.74 Å². The van der Waals surface area contributed by atoms with E-state index < -0.39 is 23.7 Å². The van der Waals surface area contributed by atoms with Crippen molar-refractivity contribution in [2.75, 3.05) is 16.8 Å². The smallest absolute Gasteiger partial charge is 0.338 e. The summed E-state index contributed by atoms with van der Waals surface area (Å²) < 4.78 is 18.4. The highest BCUT2D eigenvalue weighted by atomic mass is 32.2. The molecule has 0 saturated carbocycles. The Hall–Kier alpha value is -3.65. The molecule has 6 nitrogen and oxygen atoms in total. The molecular weight excluding hydrogens is 455 g/mol. The summed E-state index contributed by atoms with van der Waals surface area (Å²) >= 11 is 1.40. The molecule has 4 rings (SSSR count). The van der Waals surface area contributed by atoms with E-state index >= 15 is 0 Å². The van der Waals surface area contributed by atoms with Gasteiger partial charge in [-0.15, -0.1) is 0 Å². The molecular formula is C26H23FN2O4S. The van der Waals surface area contributed by atoms with Crippen molar-refractivity contribution in [3.8, 4) is 0 Å². The molecule has 34 heavy (non-hydrogen) atoms. The molecule has 3 aromatic rings. The summed E-state index contributed by atoms with van der Waals surface area (Å²) in [5.74, 6) is -1.68. The van der Waals surface area contributed by atoms with Crippen LogP contribution in [0.15, 0.2) is 76.5 Å². The summed E-state index contributed by atoms with van der Waals surface area (Å²) in [6, 6.07) is 16.8. The standard InChI is InChI=1S/C26H23FN2O4S/c1-3-20(24(30)28-18-12-10-17(27)11-13-18)29-21-15-16(26(32)33-4-2)9-14-23(21)34-22-8-6-5-7-19(22)25(29)31/h5-15,20H,3-4H2,1-2H3,(H,28,30)/t20-/m0/s1. The molecule has 0 radical (unpaired) electrons. The third-order valence-electron chi connectivity index (χ3n) is 5.40. The first kappa shape index (κ1) is 23.5. The molecule has 0 fully saturated rings. The van der Waals surface area contributed by atoms with Gasteiger partial charge in [0.05, 0.1) is 23.4 Å². The molecule has 3 aromatic carbocycles. The number of nitrogens with zero attached hydrogens (tertiary/aromatic N) is 1. The number of carbonyl (C=O) groups is 3. The molecule has 1 atom stereocenters. The first-order chi connectivity index (χ1) is 16.4. The average molecular weight is 479 g/mol. The fourth-order valence-electron chi connectivity index (χ4n) is 3.78. The first-order valence-electron chi connectivity index (χ1n) is 10.9. The summed E-state index contributed by atoms with van der Waals surface area (Å²) in [4.78, 5) is 42.5. The Morgan fingerprint density at radius 3 is 2.47 bits per heavy atom. The second-order valence-electron chi connectivity index (χ2n) is 7.60. The zero-order valence-electron chi connectivity index (χ0n) is 18.7. The minimum atomic E-state index is -0.875. The van der Waals surface area contributed by atoms with Gasteiger partial charge in [0.15, 0.2) is 0 Å². The fourth-order valence-corrected chi connectivity index (χ4v) is 4.82. The highest BCUT2D eigenvalue weighted by molar-refractivity contribution is 7.99. The van der Waals surface area contributed by atoms with Crippen molar-refractivity contribution in [2.24, 2.45) is 0 Å². The van der Waals surface area contributed by atoms with Gasteiger partial charge in [0.25, 0.3) is 5.91 Å². The van der Waals surface area contributed by atoms with Crippen LogP contribution in [0.25, 0.3) is 0 Å². The average Bonchev–Trinajstić information content (AvgIpc) is 2.95. The van der Waals surface area contributed by atoms with Gasteiger partial charge in [0.2, 0.25) is 5.91 Å². The first-order valence-corrected chi connectivity index (χ1v) is 11.7. The van der Waals surface area contributed by atoms with Crippen molar-refractivity contribution in [3.05, 3.63) is 83.7 Å². The van der Waals surface area contributed by atoms with Gasteiger partial charge >= 0.3 is 5.97 Å². The molecule has 0 bridgehead atoms. The predicted octanol–water partition coefficient (Wildman–Crippen LogP) is 5.53. The Bertz CT molecular complexity index is 1250. The van der Waals surface area contributed by atoms with Gasteiger partial charge in [0.1, 0.15) is 11.9 Å². The van der Waals surface area contributed by atoms with Crippen molar-refractivity contribution in [1.82, 2.24) is 0 Å². The number of benzene rings is 3. The predicted molar refractivity (Wildman–Crippen MR) is 129 cm³/mol. The molecule has 1 aliphatic heterocycles. The maximum Gasteiger partial charge on any atom is 0.338 e. The summed E-state index contributed by atoms with van der Waals surface area (Å²) in [6.45, 7) is 3.74. The Labute approximate surface area is 201 Å². The lowest BCUT2D eigenvalue weighted by Gasteiger charge is -2.30. The van der Waals surface area contributed by atoms with E-state index in [1.807, 2.05) is 12.1 Å². The topological polar surface area (TPSA) is 75.7 Å². The summed E-state index contributed by atoms with van der Waals surface area (Å²) in [5, 5.41) is 2.77. The molecule has 0 aromatic heterocycles. The molecule has 1 heterocycles. The van der Waals surface area contributed by atoms with Crippen molar-refractivity contribution in [2.45, 2.75) is 36.1 Å². The number of anilines is 2. The normalized spacial score (nSPS) is 13.4. The molecule has 0 spiro atoms. The monoisotopic (exact) mass is 478 g/mol. The number of amides is 2. The summed E-state index contributed by atoms with van der Waals surface area (Å²) in [5.41, 5.74) is 1.63. The van der Waals surface area contributed by atoms with Gasteiger partial charge in [-0.25, -0.2) is 9.18 Å². The Kier molecular flexibility index (Phi) is 6.98. The largest absolute Gasteiger partial charge is 0.462 e. The van der Waals surface area contributed by atoms with Crippen molar-refractivity contribution >= 4 is 40.9 Å². The number of ether oxygens (including phenoxy) is 1. The number of rotatable bonds is 6. The number of halogens is 1. The molecule has 2 amide bonds. The van der Waals surface area contributed by atoms with Crippen molar-refractivity contribution < 1.29 is 23.5 Å². The zero-order valence-corrected chi connectivity index (χ0v) is 19.5. The molecule has 174 valence electrons. The van der Waals surface area contributed by atoms with Crippen LogP contribution in [0, 0.1) is 5.82 Å². The van der Waals surface area contributed by atoms with Crippen LogP contribution < -0.4 is 10.2 Å². The minimum absolute atomic E-state index is 0.219. The Morgan fingerprint density at radius 1 is 1.03 bits per heavy atom. The molecule has 0 aliphatic carbocycles. The van der Waals surface area contributed by atoms with E-state index in [0.717, 1.165) is 9.79 Å². The van der Waals surface area contributed by atoms with Gasteiger partial charge in [-0.3, -0.25) is 14.5 Å². The lowest BCUT2D eigenvalue weighted by Crippen LogP contribution is -2.47. The van der Waals surface area contributed by atoms with Gasteiger partial charge in [-0.05, 0) is 67.9 Å². The van der Waals surface area contributed by atoms with Gasteiger partial charge in [0, 0.05) is 15.5 Å². The number of hydrogen-bond acceptors (Lipinski definition) is 5. The van der Waals surface area contributed by atoms with E-state index in [2.05, 4.69) is 5.32 Å². The number of esters is 1. The summed E-state index contributed by atoms with van der Waals surface area (Å²) in [7, 11) is 0. The lowest BCUT2D eigenvalue weighted by molar-refractivity contribution is -0.117. The molecule has 0 saturated heterocycles. The van der Waals surface area contributed by atoms with Crippen molar-refractivity contribution in [1.29, 1.82) is 0 Å². The zero-order chi connectivity index (χ0) is 24.2. The maximum absolute atomic E-state index is 13.8. The molecule has 0 unspecified atom stereocenters. The van der Waals surface area contributed by atoms with E-state index in [9.17, 15) is 18.8 Å². The van der Waals surface area contributed by atoms with Crippen LogP contribution >= 0.6 is 11.8 Å². The number of nitrogens with one attached hydrogen (secondary N) is 1. The van der Waals surface area contributed by atoms with Crippen LogP contribution in [0.3, 0.4) is 0 Å². The molecule has 1 aliphatic rings. The highest BCUT2D eigenvalue weighted by Crippen LogP contribution is 2.43. The van der Waals surface area contributed by atoms with Crippen molar-refractivity contribution in [3.63, 3.8) is 0 Å². The maximum atomic E-state index is 13.8. The van der Waals surface area contributed by atoms with E-state index in [1.165, 1.54) is 40.9 Å². The van der Waals surface area contributed by atoms with Crippen LogP contribution in [0.2, 0.25) is 0 Å². The number of hydrogen-bond donors (Lipinski definition) is 1.